The zero-order valence-electron chi connectivity index (χ0n) is 66.7. The van der Waals surface area contributed by atoms with Gasteiger partial charge in [-0.25, -0.2) is 24.8 Å². The molecule has 0 bridgehead atoms. The molecule has 8 aromatic rings. The van der Waals surface area contributed by atoms with Gasteiger partial charge in [-0.2, -0.15) is 23.7 Å². The van der Waals surface area contributed by atoms with Crippen molar-refractivity contribution < 1.29 is 51.5 Å². The largest absolute Gasteiger partial charge is 0.416 e. The summed E-state index contributed by atoms with van der Waals surface area (Å²) in [7, 11) is 3.28. The number of alkyl halides is 3. The van der Waals surface area contributed by atoms with Gasteiger partial charge in [0.2, 0.25) is 23.6 Å². The van der Waals surface area contributed by atoms with Crippen LogP contribution in [0.4, 0.5) is 23.7 Å². The number of amides is 9. The summed E-state index contributed by atoms with van der Waals surface area (Å²) >= 11 is 6.50. The maximum Gasteiger partial charge on any atom is 0.416 e. The molecule has 33 heteroatoms. The standard InChI is InChI=1S/2C22H23N5O2S.C21H21BrN4O2.C21H22F3N5O2/c2*1-13(28)27-10-17(11-27)19-20(29)26(3)21(24)25-22(19,2)18-8-16(12-30-18)15-6-4-5-14(7-15)9-23;1-3-10-24-18(27)15-7-4-6-14(11-15)13-26-19(28)21(2,25-20(26)23)16-8-5-9-17(22)12-16;1-20(2)17(30)29(18(25)28-20)12-14-8-6-13(7-9-14)11-26-19(31)27-16-5-3-4-15(10-16)21(22,23)24/h2*4-8,12,17,19H,10-11H2,1-3H3,(H2,24,25);3-9,11-12H,1,10,13H2,2H3,(H2,23,25)(H,24,27);3-10H,11-12H2,1-2H3,(H2,25,28)(H2,26,27,31)/t19-,22+;19-,22-;;/m01../s1. The third-order valence-corrected chi connectivity index (χ3v) is 24.4. The van der Waals surface area contributed by atoms with Crippen LogP contribution in [0.15, 0.2) is 206 Å². The summed E-state index contributed by atoms with van der Waals surface area (Å²) in [5, 5.41) is 30.1. The fraction of sp³-hybridized carbons (Fsp3) is 0.302. The molecule has 5 atom stereocenters. The molecule has 0 saturated carbocycles. The van der Waals surface area contributed by atoms with E-state index in [1.807, 2.05) is 103 Å². The SMILES string of the molecule is C=CCNC(=O)c1cccc(CN2C(=O)C(C)(c3cccc(Br)c3)N=C2N)c1.CC(=O)N1CC([C@@H]2C(=O)N(C)C(N)=N[C@]2(C)c2cc(-c3cccc(C#N)c3)cs2)C1.CC(=O)N1CC([C@H]2C(=O)N(C)C(N)=N[C@]2(C)c2cc(-c3cccc(C#N)c3)cs2)C1.CC1(C)N=C(N)N(Cc2ccc(CNC(=O)Nc3cccc(C(F)(F)F)c3)cc2)C1=O. The first kappa shape index (κ1) is 87.0. The molecule has 0 spiro atoms. The fourth-order valence-corrected chi connectivity index (χ4v) is 17.3. The molecule has 1 unspecified atom stereocenters. The molecule has 11 N–H and O–H groups in total. The van der Waals surface area contributed by atoms with Gasteiger partial charge in [0.15, 0.2) is 29.4 Å². The second-order valence-corrected chi connectivity index (χ2v) is 33.1. The van der Waals surface area contributed by atoms with Gasteiger partial charge in [0, 0.05) is 105 Å². The van der Waals surface area contributed by atoms with Crippen LogP contribution in [0.1, 0.15) is 108 Å². The smallest absolute Gasteiger partial charge is 0.369 e. The first-order valence-electron chi connectivity index (χ1n) is 37.6. The molecular weight excluding hydrogens is 1630 g/mol. The summed E-state index contributed by atoms with van der Waals surface area (Å²) in [4.78, 5) is 129. The fourth-order valence-electron chi connectivity index (χ4n) is 14.8. The van der Waals surface area contributed by atoms with E-state index in [9.17, 15) is 62.1 Å². The van der Waals surface area contributed by atoms with E-state index in [0.717, 1.165) is 70.9 Å². The minimum atomic E-state index is -4.48. The van der Waals surface area contributed by atoms with Crippen LogP contribution in [0.2, 0.25) is 0 Å². The number of thiophene rings is 2. The van der Waals surface area contributed by atoms with E-state index in [4.69, 9.17) is 32.9 Å². The number of benzene rings is 6. The summed E-state index contributed by atoms with van der Waals surface area (Å²) in [5.41, 5.74) is 28.4. The van der Waals surface area contributed by atoms with Crippen molar-refractivity contribution in [3.05, 3.63) is 240 Å². The number of nitrogens with one attached hydrogen (secondary N) is 3. The van der Waals surface area contributed by atoms with E-state index in [-0.39, 0.29) is 102 Å². The Kier molecular flexibility index (Phi) is 26.0. The van der Waals surface area contributed by atoms with Crippen LogP contribution in [-0.2, 0) is 71.2 Å². The van der Waals surface area contributed by atoms with Gasteiger partial charge < -0.3 is 48.7 Å². The van der Waals surface area contributed by atoms with Crippen LogP contribution < -0.4 is 38.9 Å². The van der Waals surface area contributed by atoms with Crippen molar-refractivity contribution in [2.24, 2.45) is 66.6 Å². The Morgan fingerprint density at radius 2 is 1.07 bits per heavy atom. The normalized spacial score (nSPS) is 20.7. The molecule has 2 fully saturated rings. The number of anilines is 1. The van der Waals surface area contributed by atoms with Crippen molar-refractivity contribution in [1.82, 2.24) is 40.0 Å². The molecule has 14 rings (SSSR count). The first-order chi connectivity index (χ1) is 56.3. The monoisotopic (exact) mass is 1720 g/mol. The number of rotatable bonds is 17. The average Bonchev–Trinajstić information content (AvgIpc) is 1.48. The summed E-state index contributed by atoms with van der Waals surface area (Å²) in [6.07, 6.45) is -2.87. The number of urea groups is 1. The molecular formula is C86H89BrF3N19O8S2. The zero-order chi connectivity index (χ0) is 86.4. The molecule has 6 aromatic carbocycles. The highest BCUT2D eigenvalue weighted by Crippen LogP contribution is 2.50. The molecule has 0 aliphatic carbocycles. The lowest BCUT2D eigenvalue weighted by atomic mass is 9.71. The van der Waals surface area contributed by atoms with Gasteiger partial charge in [-0.05, 0) is 169 Å². The first-order valence-corrected chi connectivity index (χ1v) is 40.2. The molecule has 119 heavy (non-hydrogen) atoms. The average molecular weight is 1720 g/mol. The van der Waals surface area contributed by atoms with Crippen LogP contribution in [0.25, 0.3) is 22.3 Å². The van der Waals surface area contributed by atoms with E-state index in [2.05, 4.69) is 60.6 Å². The van der Waals surface area contributed by atoms with Crippen LogP contribution >= 0.6 is 38.6 Å². The molecule has 27 nitrogen and oxygen atoms in total. The van der Waals surface area contributed by atoms with E-state index >= 15 is 0 Å². The minimum Gasteiger partial charge on any atom is -0.369 e. The van der Waals surface area contributed by atoms with Gasteiger partial charge in [0.05, 0.1) is 53.8 Å². The molecule has 616 valence electrons. The van der Waals surface area contributed by atoms with E-state index in [1.165, 1.54) is 54.4 Å². The molecule has 2 saturated heterocycles. The van der Waals surface area contributed by atoms with Gasteiger partial charge in [0.1, 0.15) is 16.6 Å². The topological polar surface area (TPSA) is 393 Å². The van der Waals surface area contributed by atoms with Gasteiger partial charge >= 0.3 is 12.2 Å². The number of likely N-dealkylation sites (tertiary alicyclic amines) is 2. The number of nitriles is 2. The van der Waals surface area contributed by atoms with E-state index in [0.29, 0.717) is 49.4 Å². The number of carbonyl (C=O) groups excluding carboxylic acids is 8. The maximum atomic E-state index is 13.2. The molecule has 6 aliphatic heterocycles. The number of nitrogens with two attached hydrogens (primary N) is 4. The number of nitrogens with zero attached hydrogens (tertiary/aromatic N) is 12. The van der Waals surface area contributed by atoms with Crippen molar-refractivity contribution >= 4 is 116 Å². The Morgan fingerprint density at radius 3 is 1.55 bits per heavy atom. The molecule has 0 radical (unpaired) electrons. The molecule has 2 aromatic heterocycles. The second kappa shape index (κ2) is 35.5. The second-order valence-electron chi connectivity index (χ2n) is 30.4. The Hall–Kier alpha value is -12.9. The third-order valence-electron chi connectivity index (χ3n) is 21.6. The highest BCUT2D eigenvalue weighted by Gasteiger charge is 2.56. The number of halogens is 4. The Bertz CT molecular complexity index is 5350. The quantitative estimate of drug-likeness (QED) is 0.0417. The third kappa shape index (κ3) is 19.1. The Labute approximate surface area is 702 Å². The van der Waals surface area contributed by atoms with Crippen molar-refractivity contribution in [3.63, 3.8) is 0 Å². The lowest BCUT2D eigenvalue weighted by Crippen LogP contribution is -2.62. The molecule has 8 heterocycles. The van der Waals surface area contributed by atoms with Crippen molar-refractivity contribution in [2.75, 3.05) is 52.1 Å². The number of aliphatic imine (C=N–C) groups is 4. The number of carbonyl (C=O) groups is 8. The minimum absolute atomic E-state index is 0.0170. The van der Waals surface area contributed by atoms with Gasteiger partial charge in [-0.1, -0.05) is 101 Å². The number of hydrogen-bond acceptors (Lipinski definition) is 20. The van der Waals surface area contributed by atoms with Crippen LogP contribution in [0.5, 0.6) is 0 Å². The molecule has 9 amide bonds. The van der Waals surface area contributed by atoms with Crippen LogP contribution in [0, 0.1) is 46.3 Å². The summed E-state index contributed by atoms with van der Waals surface area (Å²) in [6, 6.07) is 48.7. The predicted molar refractivity (Wildman–Crippen MR) is 454 cm³/mol. The van der Waals surface area contributed by atoms with Gasteiger partial charge in [-0.15, -0.1) is 29.3 Å². The molecule has 6 aliphatic rings. The van der Waals surface area contributed by atoms with Gasteiger partial charge in [0.25, 0.3) is 17.7 Å². The Morgan fingerprint density at radius 1 is 0.580 bits per heavy atom. The zero-order valence-corrected chi connectivity index (χ0v) is 69.9. The van der Waals surface area contributed by atoms with Crippen molar-refractivity contribution in [2.45, 2.75) is 96.4 Å². The summed E-state index contributed by atoms with van der Waals surface area (Å²) in [5.74, 6) is -0.708. The Balaban J connectivity index is 0.000000155. The van der Waals surface area contributed by atoms with E-state index < -0.39 is 51.8 Å². The van der Waals surface area contributed by atoms with Crippen molar-refractivity contribution in [3.8, 4) is 34.4 Å². The van der Waals surface area contributed by atoms with Crippen LogP contribution in [-0.4, -0.2) is 153 Å². The maximum absolute atomic E-state index is 13.2. The highest BCUT2D eigenvalue weighted by atomic mass is 79.9. The summed E-state index contributed by atoms with van der Waals surface area (Å²) in [6.45, 7) is 19.0. The number of guanidine groups is 4. The van der Waals surface area contributed by atoms with Gasteiger partial charge in [-0.3, -0.25) is 53.2 Å². The lowest BCUT2D eigenvalue weighted by Gasteiger charge is -2.49. The lowest BCUT2D eigenvalue weighted by molar-refractivity contribution is -0.147. The highest BCUT2D eigenvalue weighted by molar-refractivity contribution is 9.10. The number of hydrogen-bond donors (Lipinski definition) is 7. The summed E-state index contributed by atoms with van der Waals surface area (Å²) < 4.78 is 39.1. The van der Waals surface area contributed by atoms with Crippen molar-refractivity contribution in [1.29, 1.82) is 10.5 Å². The van der Waals surface area contributed by atoms with E-state index in [1.54, 1.807) is 119 Å². The van der Waals surface area contributed by atoms with Crippen LogP contribution in [0.3, 0.4) is 0 Å². The predicted octanol–water partition coefficient (Wildman–Crippen LogP) is 11.2.